The molecule has 0 fully saturated rings. The van der Waals surface area contributed by atoms with Crippen LogP contribution in [0.25, 0.3) is 11.3 Å². The van der Waals surface area contributed by atoms with Crippen molar-refractivity contribution in [3.8, 4) is 17.0 Å². The molecule has 0 aliphatic rings. The number of alkyl halides is 2. The van der Waals surface area contributed by atoms with E-state index in [1.165, 1.54) is 36.5 Å². The minimum Gasteiger partial charge on any atom is -0.449 e. The van der Waals surface area contributed by atoms with E-state index in [2.05, 4.69) is 15.0 Å². The molecule has 0 saturated carbocycles. The van der Waals surface area contributed by atoms with Gasteiger partial charge < -0.3 is 9.47 Å². The molecule has 6 nitrogen and oxygen atoms in total. The molecule has 1 amide bonds. The smallest absolute Gasteiger partial charge is 0.387 e. The van der Waals surface area contributed by atoms with Crippen molar-refractivity contribution >= 4 is 28.3 Å². The van der Waals surface area contributed by atoms with Crippen molar-refractivity contribution in [2.75, 3.05) is 5.32 Å². The number of benzene rings is 2. The lowest BCUT2D eigenvalue weighted by atomic mass is 10.2. The zero-order valence-electron chi connectivity index (χ0n) is 15.2. The molecule has 1 N–H and O–H groups in total. The van der Waals surface area contributed by atoms with Crippen LogP contribution in [0, 0.1) is 0 Å². The highest BCUT2D eigenvalue weighted by molar-refractivity contribution is 7.14. The Kier molecular flexibility index (Phi) is 6.50. The Labute approximate surface area is 169 Å². The molecule has 0 aliphatic heterocycles. The van der Waals surface area contributed by atoms with E-state index in [1.54, 1.807) is 5.38 Å². The molecular formula is C20H16F2N2O4S. The number of carbonyl (C=O) groups is 2. The molecule has 9 heteroatoms. The van der Waals surface area contributed by atoms with Crippen LogP contribution < -0.4 is 10.1 Å². The van der Waals surface area contributed by atoms with Crippen LogP contribution in [-0.2, 0) is 9.53 Å². The summed E-state index contributed by atoms with van der Waals surface area (Å²) in [6.45, 7) is -1.61. The first-order valence-corrected chi connectivity index (χ1v) is 9.38. The topological polar surface area (TPSA) is 77.5 Å². The van der Waals surface area contributed by atoms with Crippen molar-refractivity contribution in [3.05, 3.63) is 65.5 Å². The van der Waals surface area contributed by atoms with E-state index >= 15 is 0 Å². The van der Waals surface area contributed by atoms with Gasteiger partial charge in [-0.3, -0.25) is 10.1 Å². The van der Waals surface area contributed by atoms with Crippen LogP contribution in [0.1, 0.15) is 17.3 Å². The number of anilines is 1. The van der Waals surface area contributed by atoms with Gasteiger partial charge in [0.2, 0.25) is 0 Å². The van der Waals surface area contributed by atoms with Crippen molar-refractivity contribution in [1.29, 1.82) is 0 Å². The van der Waals surface area contributed by atoms with Gasteiger partial charge in [-0.1, -0.05) is 36.4 Å². The van der Waals surface area contributed by atoms with Gasteiger partial charge in [-0.2, -0.15) is 8.78 Å². The van der Waals surface area contributed by atoms with Crippen molar-refractivity contribution < 1.29 is 27.8 Å². The number of hydrogen-bond donors (Lipinski definition) is 1. The Morgan fingerprint density at radius 3 is 2.59 bits per heavy atom. The van der Waals surface area contributed by atoms with Crippen molar-refractivity contribution in [2.45, 2.75) is 19.6 Å². The lowest BCUT2D eigenvalue weighted by molar-refractivity contribution is -0.123. The third kappa shape index (κ3) is 5.58. The number of carbonyl (C=O) groups excluding carboxylic acids is 2. The van der Waals surface area contributed by atoms with Gasteiger partial charge in [0.25, 0.3) is 5.91 Å². The predicted molar refractivity (Wildman–Crippen MR) is 104 cm³/mol. The molecule has 0 bridgehead atoms. The summed E-state index contributed by atoms with van der Waals surface area (Å²) in [6.07, 6.45) is -1.12. The SMILES string of the molecule is CC(OC(=O)c1cccc(OC(F)F)c1)C(=O)Nc1nc(-c2ccccc2)cs1. The quantitative estimate of drug-likeness (QED) is 0.568. The number of aromatic nitrogens is 1. The molecule has 1 atom stereocenters. The Hall–Kier alpha value is -3.33. The van der Waals surface area contributed by atoms with E-state index in [1.807, 2.05) is 30.3 Å². The third-order valence-electron chi connectivity index (χ3n) is 3.75. The molecule has 0 radical (unpaired) electrons. The third-order valence-corrected chi connectivity index (χ3v) is 4.51. The Bertz CT molecular complexity index is 995. The van der Waals surface area contributed by atoms with E-state index in [9.17, 15) is 18.4 Å². The summed E-state index contributed by atoms with van der Waals surface area (Å²) in [5, 5.41) is 4.76. The van der Waals surface area contributed by atoms with Gasteiger partial charge in [-0.15, -0.1) is 11.3 Å². The van der Waals surface area contributed by atoms with Crippen LogP contribution in [-0.4, -0.2) is 29.6 Å². The maximum atomic E-state index is 12.3. The molecule has 150 valence electrons. The molecule has 1 heterocycles. The van der Waals surface area contributed by atoms with Crippen LogP contribution in [0.5, 0.6) is 5.75 Å². The fourth-order valence-corrected chi connectivity index (χ4v) is 3.08. The van der Waals surface area contributed by atoms with E-state index in [-0.39, 0.29) is 11.3 Å². The molecule has 3 rings (SSSR count). The standard InChI is InChI=1S/C20H16F2N2O4S/c1-12(27-18(26)14-8-5-9-15(10-14)28-19(21)22)17(25)24-20-23-16(11-29-20)13-6-3-2-4-7-13/h2-12,19H,1H3,(H,23,24,25). The number of esters is 1. The number of nitrogens with one attached hydrogen (secondary N) is 1. The van der Waals surface area contributed by atoms with Crippen LogP contribution >= 0.6 is 11.3 Å². The second-order valence-corrected chi connectivity index (χ2v) is 6.71. The number of nitrogens with zero attached hydrogens (tertiary/aromatic N) is 1. The van der Waals surface area contributed by atoms with Gasteiger partial charge >= 0.3 is 12.6 Å². The average Bonchev–Trinajstić information content (AvgIpc) is 3.16. The molecule has 3 aromatic rings. The van der Waals surface area contributed by atoms with Gasteiger partial charge in [-0.25, -0.2) is 9.78 Å². The minimum atomic E-state index is -3.01. The summed E-state index contributed by atoms with van der Waals surface area (Å²) in [5.74, 6) is -1.58. The van der Waals surface area contributed by atoms with Gasteiger partial charge in [0.05, 0.1) is 11.3 Å². The molecule has 0 aliphatic carbocycles. The van der Waals surface area contributed by atoms with Crippen LogP contribution in [0.2, 0.25) is 0 Å². The molecule has 1 unspecified atom stereocenters. The highest BCUT2D eigenvalue weighted by atomic mass is 32.1. The predicted octanol–water partition coefficient (Wildman–Crippen LogP) is 4.60. The largest absolute Gasteiger partial charge is 0.449 e. The number of amides is 1. The van der Waals surface area contributed by atoms with Gasteiger partial charge in [0, 0.05) is 10.9 Å². The Balaban J connectivity index is 1.59. The fraction of sp³-hybridized carbons (Fsp3) is 0.150. The molecule has 0 spiro atoms. The van der Waals surface area contributed by atoms with E-state index in [4.69, 9.17) is 4.74 Å². The van der Waals surface area contributed by atoms with Gasteiger partial charge in [0.15, 0.2) is 11.2 Å². The lowest BCUT2D eigenvalue weighted by Crippen LogP contribution is -2.30. The number of hydrogen-bond acceptors (Lipinski definition) is 6. The molecular weight excluding hydrogens is 402 g/mol. The summed E-state index contributed by atoms with van der Waals surface area (Å²) in [6, 6.07) is 14.6. The first-order valence-electron chi connectivity index (χ1n) is 8.50. The van der Waals surface area contributed by atoms with Gasteiger partial charge in [0.1, 0.15) is 5.75 Å². The summed E-state index contributed by atoms with van der Waals surface area (Å²) in [4.78, 5) is 28.8. The zero-order chi connectivity index (χ0) is 20.8. The van der Waals surface area contributed by atoms with E-state index in [0.717, 1.165) is 11.6 Å². The zero-order valence-corrected chi connectivity index (χ0v) is 16.0. The highest BCUT2D eigenvalue weighted by Gasteiger charge is 2.21. The Morgan fingerprint density at radius 1 is 1.10 bits per heavy atom. The second-order valence-electron chi connectivity index (χ2n) is 5.85. The normalized spacial score (nSPS) is 11.7. The second kappa shape index (κ2) is 9.24. The van der Waals surface area contributed by atoms with Crippen LogP contribution in [0.15, 0.2) is 60.0 Å². The summed E-state index contributed by atoms with van der Waals surface area (Å²) >= 11 is 1.24. The summed E-state index contributed by atoms with van der Waals surface area (Å²) in [5.41, 5.74) is 1.62. The molecule has 1 aromatic heterocycles. The number of halogens is 2. The van der Waals surface area contributed by atoms with Crippen LogP contribution in [0.4, 0.5) is 13.9 Å². The van der Waals surface area contributed by atoms with E-state index in [0.29, 0.717) is 10.8 Å². The lowest BCUT2D eigenvalue weighted by Gasteiger charge is -2.13. The van der Waals surface area contributed by atoms with Gasteiger partial charge in [-0.05, 0) is 25.1 Å². The number of ether oxygens (including phenoxy) is 2. The number of thiazole rings is 1. The average molecular weight is 418 g/mol. The molecule has 2 aromatic carbocycles. The van der Waals surface area contributed by atoms with Crippen molar-refractivity contribution in [1.82, 2.24) is 4.98 Å². The first kappa shape index (κ1) is 20.4. The molecule has 29 heavy (non-hydrogen) atoms. The molecule has 0 saturated heterocycles. The maximum Gasteiger partial charge on any atom is 0.387 e. The Morgan fingerprint density at radius 2 is 1.86 bits per heavy atom. The minimum absolute atomic E-state index is 0.0107. The van der Waals surface area contributed by atoms with Crippen molar-refractivity contribution in [3.63, 3.8) is 0 Å². The fourth-order valence-electron chi connectivity index (χ4n) is 2.36. The van der Waals surface area contributed by atoms with Crippen LogP contribution in [0.3, 0.4) is 0 Å². The van der Waals surface area contributed by atoms with Crippen molar-refractivity contribution in [2.24, 2.45) is 0 Å². The maximum absolute atomic E-state index is 12.3. The first-order chi connectivity index (χ1) is 13.9. The summed E-state index contributed by atoms with van der Waals surface area (Å²) in [7, 11) is 0. The number of rotatable bonds is 7. The monoisotopic (exact) mass is 418 g/mol. The summed E-state index contributed by atoms with van der Waals surface area (Å²) < 4.78 is 33.9. The highest BCUT2D eigenvalue weighted by Crippen LogP contribution is 2.25. The van der Waals surface area contributed by atoms with E-state index < -0.39 is 24.6 Å².